The lowest BCUT2D eigenvalue weighted by molar-refractivity contribution is 0.648. The average Bonchev–Trinajstić information content (AvgIpc) is 2.80. The molecule has 0 atom stereocenters. The van der Waals surface area contributed by atoms with E-state index in [9.17, 15) is 4.79 Å². The molecular weight excluding hydrogens is 312 g/mol. The fraction of sp³-hybridized carbons (Fsp3) is 0.273. The quantitative estimate of drug-likeness (QED) is 0.828. The van der Waals surface area contributed by atoms with E-state index >= 15 is 0 Å². The van der Waals surface area contributed by atoms with Gasteiger partial charge >= 0.3 is 0 Å². The highest BCUT2D eigenvalue weighted by Gasteiger charge is 2.08. The maximum atomic E-state index is 11.9. The van der Waals surface area contributed by atoms with Gasteiger partial charge in [0, 0.05) is 7.05 Å². The number of hydrogen-bond donors (Lipinski definition) is 1. The summed E-state index contributed by atoms with van der Waals surface area (Å²) in [4.78, 5) is 16.0. The Morgan fingerprint density at radius 3 is 3.00 bits per heavy atom. The van der Waals surface area contributed by atoms with Crippen LogP contribution in [-0.4, -0.2) is 24.5 Å². The summed E-state index contributed by atoms with van der Waals surface area (Å²) in [7, 11) is 1.80. The standard InChI is InChI=1S/C11H13BrN6O/c1-3-4-18-11(19)10(12)8(5-15-18)13-6-9-14-7-17(2)16-9/h3,5,7,13H,1,4,6H2,2H3. The van der Waals surface area contributed by atoms with Crippen molar-refractivity contribution < 1.29 is 0 Å². The van der Waals surface area contributed by atoms with E-state index < -0.39 is 0 Å². The summed E-state index contributed by atoms with van der Waals surface area (Å²) < 4.78 is 3.37. The van der Waals surface area contributed by atoms with Gasteiger partial charge in [0.05, 0.1) is 25.0 Å². The molecule has 0 aliphatic rings. The second-order valence-corrected chi connectivity index (χ2v) is 4.63. The Morgan fingerprint density at radius 1 is 1.58 bits per heavy atom. The van der Waals surface area contributed by atoms with Crippen molar-refractivity contribution in [2.75, 3.05) is 5.32 Å². The molecule has 8 heteroatoms. The van der Waals surface area contributed by atoms with Crippen molar-refractivity contribution in [2.24, 2.45) is 7.05 Å². The van der Waals surface area contributed by atoms with Crippen LogP contribution in [0.15, 0.2) is 34.4 Å². The number of hydrogen-bond acceptors (Lipinski definition) is 5. The van der Waals surface area contributed by atoms with Crippen LogP contribution >= 0.6 is 15.9 Å². The van der Waals surface area contributed by atoms with E-state index in [1.54, 1.807) is 30.3 Å². The zero-order valence-electron chi connectivity index (χ0n) is 10.4. The van der Waals surface area contributed by atoms with Crippen LogP contribution in [0.4, 0.5) is 5.69 Å². The second-order valence-electron chi connectivity index (χ2n) is 3.84. The molecule has 0 saturated heterocycles. The third kappa shape index (κ3) is 3.08. The topological polar surface area (TPSA) is 77.6 Å². The van der Waals surface area contributed by atoms with Crippen LogP contribution in [0.5, 0.6) is 0 Å². The largest absolute Gasteiger partial charge is 0.375 e. The van der Waals surface area contributed by atoms with Crippen LogP contribution in [0, 0.1) is 0 Å². The van der Waals surface area contributed by atoms with E-state index in [2.05, 4.69) is 43.0 Å². The maximum Gasteiger partial charge on any atom is 0.283 e. The first kappa shape index (κ1) is 13.5. The normalized spacial score (nSPS) is 10.4. The van der Waals surface area contributed by atoms with E-state index in [0.717, 1.165) is 0 Å². The van der Waals surface area contributed by atoms with Crippen molar-refractivity contribution in [1.29, 1.82) is 0 Å². The smallest absolute Gasteiger partial charge is 0.283 e. The predicted molar refractivity (Wildman–Crippen MR) is 74.7 cm³/mol. The van der Waals surface area contributed by atoms with Gasteiger partial charge in [-0.3, -0.25) is 9.48 Å². The predicted octanol–water partition coefficient (Wildman–Crippen LogP) is 0.932. The minimum Gasteiger partial charge on any atom is -0.375 e. The van der Waals surface area contributed by atoms with E-state index in [1.807, 2.05) is 0 Å². The number of halogens is 1. The number of nitrogens with zero attached hydrogens (tertiary/aromatic N) is 5. The third-order valence-corrected chi connectivity index (χ3v) is 3.14. The first-order chi connectivity index (χ1) is 9.11. The Bertz CT molecular complexity index is 647. The van der Waals surface area contributed by atoms with Crippen molar-refractivity contribution in [3.63, 3.8) is 0 Å². The van der Waals surface area contributed by atoms with E-state index in [-0.39, 0.29) is 5.56 Å². The van der Waals surface area contributed by atoms with Gasteiger partial charge in [0.2, 0.25) is 0 Å². The van der Waals surface area contributed by atoms with Crippen LogP contribution < -0.4 is 10.9 Å². The molecule has 0 aliphatic heterocycles. The van der Waals surface area contributed by atoms with Crippen molar-refractivity contribution >= 4 is 21.6 Å². The van der Waals surface area contributed by atoms with E-state index in [1.165, 1.54) is 4.68 Å². The van der Waals surface area contributed by atoms with Crippen LogP contribution in [0.25, 0.3) is 0 Å². The van der Waals surface area contributed by atoms with Gasteiger partial charge in [-0.1, -0.05) is 6.08 Å². The summed E-state index contributed by atoms with van der Waals surface area (Å²) in [6, 6.07) is 0. The molecule has 0 spiro atoms. The lowest BCUT2D eigenvalue weighted by atomic mass is 10.4. The summed E-state index contributed by atoms with van der Waals surface area (Å²) in [6.07, 6.45) is 4.82. The molecule has 0 fully saturated rings. The Kier molecular flexibility index (Phi) is 4.10. The molecule has 0 unspecified atom stereocenters. The number of nitrogens with one attached hydrogen (secondary N) is 1. The van der Waals surface area contributed by atoms with Crippen molar-refractivity contribution in [1.82, 2.24) is 24.5 Å². The Labute approximate surface area is 118 Å². The lowest BCUT2D eigenvalue weighted by Crippen LogP contribution is -2.24. The number of rotatable bonds is 5. The summed E-state index contributed by atoms with van der Waals surface area (Å²) in [5.41, 5.74) is 0.400. The van der Waals surface area contributed by atoms with Gasteiger partial charge < -0.3 is 5.32 Å². The molecule has 0 aromatic carbocycles. The molecular formula is C11H13BrN6O. The van der Waals surface area contributed by atoms with E-state index in [4.69, 9.17) is 0 Å². The fourth-order valence-electron chi connectivity index (χ4n) is 1.48. The molecule has 0 bridgehead atoms. The second kappa shape index (κ2) is 5.79. The van der Waals surface area contributed by atoms with Crippen molar-refractivity contribution in [3.05, 3.63) is 45.8 Å². The van der Waals surface area contributed by atoms with Gasteiger partial charge in [-0.15, -0.1) is 6.58 Å². The van der Waals surface area contributed by atoms with Crippen molar-refractivity contribution in [3.8, 4) is 0 Å². The number of aromatic nitrogens is 5. The van der Waals surface area contributed by atoms with Crippen LogP contribution in [0.3, 0.4) is 0 Å². The summed E-state index contributed by atoms with van der Waals surface area (Å²) in [5.74, 6) is 0.643. The average molecular weight is 325 g/mol. The number of anilines is 1. The fourth-order valence-corrected chi connectivity index (χ4v) is 1.93. The highest BCUT2D eigenvalue weighted by molar-refractivity contribution is 9.10. The van der Waals surface area contributed by atoms with Gasteiger partial charge in [-0.05, 0) is 15.9 Å². The first-order valence-electron chi connectivity index (χ1n) is 5.56. The Morgan fingerprint density at radius 2 is 2.37 bits per heavy atom. The van der Waals surface area contributed by atoms with Crippen LogP contribution in [0.1, 0.15) is 5.82 Å². The SMILES string of the molecule is C=CCn1ncc(NCc2ncn(C)n2)c(Br)c1=O. The first-order valence-corrected chi connectivity index (χ1v) is 6.36. The molecule has 2 aromatic heterocycles. The van der Waals surface area contributed by atoms with E-state index in [0.29, 0.717) is 29.1 Å². The van der Waals surface area contributed by atoms with Gasteiger partial charge in [0.1, 0.15) is 10.8 Å². The number of aryl methyl sites for hydroxylation is 1. The molecule has 100 valence electrons. The molecule has 0 amide bonds. The Balaban J connectivity index is 2.15. The highest BCUT2D eigenvalue weighted by Crippen LogP contribution is 2.16. The molecule has 2 rings (SSSR count). The number of allylic oxidation sites excluding steroid dienone is 1. The summed E-state index contributed by atoms with van der Waals surface area (Å²) in [5, 5.41) is 11.2. The molecule has 0 saturated carbocycles. The lowest BCUT2D eigenvalue weighted by Gasteiger charge is -2.08. The molecule has 19 heavy (non-hydrogen) atoms. The molecule has 2 aromatic rings. The summed E-state index contributed by atoms with van der Waals surface area (Å²) >= 11 is 3.26. The Hall–Kier alpha value is -1.96. The minimum atomic E-state index is -0.209. The van der Waals surface area contributed by atoms with Crippen molar-refractivity contribution in [2.45, 2.75) is 13.1 Å². The van der Waals surface area contributed by atoms with Gasteiger partial charge in [0.15, 0.2) is 5.82 Å². The highest BCUT2D eigenvalue weighted by atomic mass is 79.9. The van der Waals surface area contributed by atoms with Gasteiger partial charge in [-0.25, -0.2) is 9.67 Å². The molecule has 0 radical (unpaired) electrons. The van der Waals surface area contributed by atoms with Gasteiger partial charge in [-0.2, -0.15) is 10.2 Å². The summed E-state index contributed by atoms with van der Waals surface area (Å²) in [6.45, 7) is 4.38. The zero-order chi connectivity index (χ0) is 13.8. The molecule has 2 heterocycles. The minimum absolute atomic E-state index is 0.209. The van der Waals surface area contributed by atoms with Crippen LogP contribution in [0.2, 0.25) is 0 Å². The van der Waals surface area contributed by atoms with Gasteiger partial charge in [0.25, 0.3) is 5.56 Å². The maximum absolute atomic E-state index is 11.9. The van der Waals surface area contributed by atoms with Crippen LogP contribution in [-0.2, 0) is 20.1 Å². The molecule has 7 nitrogen and oxygen atoms in total. The zero-order valence-corrected chi connectivity index (χ0v) is 12.0. The monoisotopic (exact) mass is 324 g/mol. The molecule has 1 N–H and O–H groups in total. The third-order valence-electron chi connectivity index (χ3n) is 2.37. The molecule has 0 aliphatic carbocycles.